The number of fused-ring (bicyclic) bond motifs is 1. The number of urea groups is 1. The zero-order valence-corrected chi connectivity index (χ0v) is 17.7. The van der Waals surface area contributed by atoms with Crippen LogP contribution in [0.3, 0.4) is 0 Å². The number of carbonyl (C=O) groups is 1. The molecule has 1 aliphatic rings. The number of aromatic nitrogens is 2. The molecule has 0 fully saturated rings. The van der Waals surface area contributed by atoms with Crippen molar-refractivity contribution in [3.63, 3.8) is 0 Å². The van der Waals surface area contributed by atoms with E-state index in [0.717, 1.165) is 6.07 Å². The molecular weight excluding hydrogens is 472 g/mol. The van der Waals surface area contributed by atoms with Crippen molar-refractivity contribution in [2.75, 3.05) is 5.32 Å². The second-order valence-corrected chi connectivity index (χ2v) is 7.81. The molecule has 1 aromatic heterocycles. The molecule has 3 rings (SSSR count). The van der Waals surface area contributed by atoms with Crippen LogP contribution in [0, 0.1) is 5.82 Å². The van der Waals surface area contributed by atoms with Gasteiger partial charge in [0.05, 0.1) is 17.3 Å². The van der Waals surface area contributed by atoms with Crippen molar-refractivity contribution >= 4 is 27.6 Å². The lowest BCUT2D eigenvalue weighted by atomic mass is 9.90. The van der Waals surface area contributed by atoms with Crippen molar-refractivity contribution < 1.29 is 22.4 Å². The molecule has 2 heterocycles. The van der Waals surface area contributed by atoms with Gasteiger partial charge in [0.25, 0.3) is 0 Å². The minimum absolute atomic E-state index is 0.290. The van der Waals surface area contributed by atoms with E-state index in [-0.39, 0.29) is 16.2 Å². The Morgan fingerprint density at radius 2 is 2.03 bits per heavy atom. The van der Waals surface area contributed by atoms with Crippen LogP contribution in [0.1, 0.15) is 49.6 Å². The highest BCUT2D eigenvalue weighted by Gasteiger charge is 2.38. The summed E-state index contributed by atoms with van der Waals surface area (Å²) in [6, 6.07) is -0.120. The van der Waals surface area contributed by atoms with Gasteiger partial charge in [-0.2, -0.15) is 13.2 Å². The number of anilines is 1. The fourth-order valence-corrected chi connectivity index (χ4v) is 4.31. The highest BCUT2D eigenvalue weighted by atomic mass is 79.9. The Balaban J connectivity index is 1.95. The second-order valence-electron chi connectivity index (χ2n) is 6.96. The predicted molar refractivity (Wildman–Crippen MR) is 106 cm³/mol. The fraction of sp³-hybridized carbons (Fsp3) is 0.421. The molecule has 0 saturated carbocycles. The monoisotopic (exact) mass is 490 g/mol. The summed E-state index contributed by atoms with van der Waals surface area (Å²) < 4.78 is 52.8. The van der Waals surface area contributed by atoms with Crippen molar-refractivity contribution in [2.45, 2.75) is 51.4 Å². The van der Waals surface area contributed by atoms with Crippen LogP contribution >= 0.6 is 15.9 Å². The normalized spacial score (nSPS) is 18.8. The Morgan fingerprint density at radius 3 is 2.63 bits per heavy atom. The lowest BCUT2D eigenvalue weighted by Gasteiger charge is -2.42. The molecule has 11 heteroatoms. The number of hydrogen-bond acceptors (Lipinski definition) is 3. The summed E-state index contributed by atoms with van der Waals surface area (Å²) in [7, 11) is 0. The minimum atomic E-state index is -4.73. The molecular formula is C19H19BrF4N4O2. The Morgan fingerprint density at radius 1 is 1.33 bits per heavy atom. The number of carbonyl (C=O) groups excluding carboxylic acids is 1. The lowest BCUT2D eigenvalue weighted by Crippen LogP contribution is -2.49. The molecule has 30 heavy (non-hydrogen) atoms. The van der Waals surface area contributed by atoms with Gasteiger partial charge in [0.1, 0.15) is 5.82 Å². The van der Waals surface area contributed by atoms with E-state index in [1.165, 1.54) is 11.1 Å². The Hall–Kier alpha value is -2.43. The average Bonchev–Trinajstić information content (AvgIpc) is 2.67. The molecule has 162 valence electrons. The quantitative estimate of drug-likeness (QED) is 0.593. The molecule has 0 radical (unpaired) electrons. The van der Waals surface area contributed by atoms with Gasteiger partial charge in [-0.05, 0) is 25.0 Å². The van der Waals surface area contributed by atoms with Crippen LogP contribution in [0.15, 0.2) is 27.6 Å². The van der Waals surface area contributed by atoms with E-state index in [9.17, 15) is 27.2 Å². The minimum Gasteiger partial charge on any atom is -0.314 e. The fourth-order valence-electron chi connectivity index (χ4n) is 3.74. The number of amides is 2. The van der Waals surface area contributed by atoms with Gasteiger partial charge in [-0.15, -0.1) is 0 Å². The van der Waals surface area contributed by atoms with Gasteiger partial charge < -0.3 is 15.2 Å². The first kappa shape index (κ1) is 22.3. The zero-order valence-electron chi connectivity index (χ0n) is 16.1. The maximum absolute atomic E-state index is 14.3. The smallest absolute Gasteiger partial charge is 0.314 e. The van der Waals surface area contributed by atoms with E-state index in [2.05, 4.69) is 31.2 Å². The molecule has 6 nitrogen and oxygen atoms in total. The molecule has 0 aliphatic carbocycles. The van der Waals surface area contributed by atoms with E-state index in [0.29, 0.717) is 36.6 Å². The number of aromatic amines is 1. The summed E-state index contributed by atoms with van der Waals surface area (Å²) in [5.41, 5.74) is -0.631. The molecule has 0 bridgehead atoms. The third kappa shape index (κ3) is 4.21. The Bertz CT molecular complexity index is 1020. The van der Waals surface area contributed by atoms with Crippen LogP contribution < -0.4 is 11.0 Å². The summed E-state index contributed by atoms with van der Waals surface area (Å²) in [4.78, 5) is 32.6. The molecule has 0 spiro atoms. The van der Waals surface area contributed by atoms with Gasteiger partial charge in [-0.3, -0.25) is 0 Å². The van der Waals surface area contributed by atoms with Crippen molar-refractivity contribution in [3.8, 4) is 0 Å². The average molecular weight is 491 g/mol. The van der Waals surface area contributed by atoms with Crippen molar-refractivity contribution in [2.24, 2.45) is 0 Å². The van der Waals surface area contributed by atoms with Crippen molar-refractivity contribution in [3.05, 3.63) is 55.9 Å². The van der Waals surface area contributed by atoms with E-state index < -0.39 is 35.3 Å². The number of rotatable bonds is 3. The summed E-state index contributed by atoms with van der Waals surface area (Å²) in [6.45, 7) is 3.73. The first-order valence-electron chi connectivity index (χ1n) is 9.30. The number of hydrogen-bond donors (Lipinski definition) is 2. The number of H-pyrrole nitrogens is 1. The number of nitrogens with zero attached hydrogens (tertiary/aromatic N) is 2. The molecule has 2 atom stereocenters. The highest BCUT2D eigenvalue weighted by molar-refractivity contribution is 9.10. The van der Waals surface area contributed by atoms with E-state index in [1.807, 2.05) is 13.8 Å². The van der Waals surface area contributed by atoms with E-state index in [1.54, 1.807) is 0 Å². The van der Waals surface area contributed by atoms with Crippen LogP contribution in [0.5, 0.6) is 0 Å². The highest BCUT2D eigenvalue weighted by Crippen LogP contribution is 2.38. The van der Waals surface area contributed by atoms with Gasteiger partial charge in [0, 0.05) is 34.4 Å². The van der Waals surface area contributed by atoms with Crippen LogP contribution in [0.25, 0.3) is 0 Å². The molecule has 2 aromatic rings. The summed E-state index contributed by atoms with van der Waals surface area (Å²) in [5.74, 6) is -1.19. The third-order valence-corrected chi connectivity index (χ3v) is 5.81. The zero-order chi connectivity index (χ0) is 22.2. The summed E-state index contributed by atoms with van der Waals surface area (Å²) in [6.07, 6.45) is -1.86. The molecule has 2 amide bonds. The number of nitrogens with one attached hydrogen (secondary N) is 2. The molecule has 2 unspecified atom stereocenters. The van der Waals surface area contributed by atoms with E-state index >= 15 is 0 Å². The van der Waals surface area contributed by atoms with Crippen LogP contribution in [0.2, 0.25) is 0 Å². The Labute approximate surface area is 177 Å². The molecule has 0 saturated heterocycles. The van der Waals surface area contributed by atoms with E-state index in [4.69, 9.17) is 0 Å². The topological polar surface area (TPSA) is 78.1 Å². The van der Waals surface area contributed by atoms with Gasteiger partial charge >= 0.3 is 17.9 Å². The maximum Gasteiger partial charge on any atom is 0.417 e. The van der Waals surface area contributed by atoms with Crippen molar-refractivity contribution in [1.29, 1.82) is 0 Å². The first-order valence-corrected chi connectivity index (χ1v) is 10.1. The largest absolute Gasteiger partial charge is 0.417 e. The van der Waals surface area contributed by atoms with Gasteiger partial charge in [-0.1, -0.05) is 29.8 Å². The van der Waals surface area contributed by atoms with Crippen molar-refractivity contribution in [1.82, 2.24) is 14.9 Å². The SMILES string of the molecule is CCC1Cc2[nH]c(=O)ncc2C(CC)N1C(=O)Nc1cc(Br)c(C(F)(F)F)cc1F. The summed E-state index contributed by atoms with van der Waals surface area (Å²) >= 11 is 2.79. The number of benzene rings is 1. The predicted octanol–water partition coefficient (Wildman–Crippen LogP) is 5.01. The lowest BCUT2D eigenvalue weighted by molar-refractivity contribution is -0.138. The third-order valence-electron chi connectivity index (χ3n) is 5.15. The summed E-state index contributed by atoms with van der Waals surface area (Å²) in [5, 5.41) is 2.39. The van der Waals surface area contributed by atoms with Crippen LogP contribution in [0.4, 0.5) is 28.0 Å². The maximum atomic E-state index is 14.3. The van der Waals surface area contributed by atoms with Crippen LogP contribution in [-0.2, 0) is 12.6 Å². The van der Waals surface area contributed by atoms with Gasteiger partial charge in [-0.25, -0.2) is 19.0 Å². The molecule has 1 aromatic carbocycles. The number of alkyl halides is 3. The van der Waals surface area contributed by atoms with Gasteiger partial charge in [0.2, 0.25) is 0 Å². The second kappa shape index (κ2) is 8.37. The molecule has 1 aliphatic heterocycles. The van der Waals surface area contributed by atoms with Gasteiger partial charge in [0.15, 0.2) is 0 Å². The Kier molecular flexibility index (Phi) is 6.21. The molecule has 2 N–H and O–H groups in total. The first-order chi connectivity index (χ1) is 14.1. The standard InChI is InChI=1S/C19H19BrF4N4O2/c1-3-9-5-14-10(8-25-17(29)26-14)16(4-2)28(9)18(30)27-15-7-12(20)11(6-13(15)21)19(22,23)24/h6-9,16H,3-5H2,1-2H3,(H,27,30)(H,25,26,29). The number of halogens is 5. The van der Waals surface area contributed by atoms with Crippen LogP contribution in [-0.4, -0.2) is 26.9 Å².